The number of rotatable bonds is 3. The molecule has 0 rings (SSSR count). The molecule has 0 spiro atoms. The van der Waals surface area contributed by atoms with E-state index in [9.17, 15) is 4.79 Å². The van der Waals surface area contributed by atoms with Crippen molar-refractivity contribution in [3.8, 4) is 0 Å². The summed E-state index contributed by atoms with van der Waals surface area (Å²) in [4.78, 5) is 12.9. The highest BCUT2D eigenvalue weighted by Gasteiger charge is 2.18. The minimum atomic E-state index is -0.437. The van der Waals surface area contributed by atoms with Crippen molar-refractivity contribution in [2.24, 2.45) is 0 Å². The molecule has 0 saturated heterocycles. The summed E-state index contributed by atoms with van der Waals surface area (Å²) in [6.45, 7) is 9.61. The van der Waals surface area contributed by atoms with Crippen LogP contribution in [-0.2, 0) is 4.74 Å². The summed E-state index contributed by atoms with van der Waals surface area (Å²) >= 11 is 0. The fourth-order valence-electron chi connectivity index (χ4n) is 0.730. The minimum Gasteiger partial charge on any atom is -0.444 e. The molecule has 0 aliphatic rings. The van der Waals surface area contributed by atoms with Gasteiger partial charge < -0.3 is 9.64 Å². The number of allylic oxidation sites excluding steroid dienone is 2. The highest BCUT2D eigenvalue weighted by molar-refractivity contribution is 5.67. The van der Waals surface area contributed by atoms with Crippen LogP contribution >= 0.6 is 0 Å². The van der Waals surface area contributed by atoms with Crippen molar-refractivity contribution in [2.45, 2.75) is 26.4 Å². The number of amides is 1. The topological polar surface area (TPSA) is 29.5 Å². The Morgan fingerprint density at radius 3 is 2.50 bits per heavy atom. The first-order chi connectivity index (χ1) is 6.37. The second-order valence-electron chi connectivity index (χ2n) is 4.02. The van der Waals surface area contributed by atoms with E-state index in [1.165, 1.54) is 4.90 Å². The first-order valence-electron chi connectivity index (χ1n) is 4.58. The Kier molecular flexibility index (Phi) is 4.99. The lowest BCUT2D eigenvalue weighted by atomic mass is 10.2. The Balaban J connectivity index is 4.00. The summed E-state index contributed by atoms with van der Waals surface area (Å²) in [5.74, 6) is 0. The molecule has 0 aliphatic carbocycles. The third-order valence-electron chi connectivity index (χ3n) is 1.36. The summed E-state index contributed by atoms with van der Waals surface area (Å²) in [7, 11) is 1.70. The van der Waals surface area contributed by atoms with Crippen molar-refractivity contribution in [1.82, 2.24) is 4.90 Å². The second kappa shape index (κ2) is 5.47. The Hall–Kier alpha value is -1.25. The summed E-state index contributed by atoms with van der Waals surface area (Å²) in [5.41, 5.74) is -0.437. The first-order valence-corrected chi connectivity index (χ1v) is 4.58. The van der Waals surface area contributed by atoms with Crippen LogP contribution in [0.1, 0.15) is 20.8 Å². The summed E-state index contributed by atoms with van der Waals surface area (Å²) in [6, 6.07) is 0. The largest absolute Gasteiger partial charge is 0.444 e. The molecule has 80 valence electrons. The predicted octanol–water partition coefficient (Wildman–Crippen LogP) is 2.60. The average Bonchev–Trinajstić information content (AvgIpc) is 2.01. The van der Waals surface area contributed by atoms with E-state index in [-0.39, 0.29) is 6.09 Å². The van der Waals surface area contributed by atoms with E-state index in [0.717, 1.165) is 0 Å². The van der Waals surface area contributed by atoms with Crippen LogP contribution in [0.4, 0.5) is 4.79 Å². The van der Waals surface area contributed by atoms with Crippen molar-refractivity contribution in [2.75, 3.05) is 13.6 Å². The molecule has 1 amide bonds. The van der Waals surface area contributed by atoms with E-state index < -0.39 is 5.60 Å². The van der Waals surface area contributed by atoms with Gasteiger partial charge in [0.1, 0.15) is 5.60 Å². The van der Waals surface area contributed by atoms with Gasteiger partial charge in [0.25, 0.3) is 0 Å². The Labute approximate surface area is 86.0 Å². The van der Waals surface area contributed by atoms with E-state index in [1.807, 2.05) is 26.8 Å². The van der Waals surface area contributed by atoms with Gasteiger partial charge in [0.15, 0.2) is 0 Å². The summed E-state index contributed by atoms with van der Waals surface area (Å²) in [6.07, 6.45) is 4.99. The molecule has 0 atom stereocenters. The van der Waals surface area contributed by atoms with Crippen molar-refractivity contribution >= 4 is 6.09 Å². The maximum absolute atomic E-state index is 11.4. The van der Waals surface area contributed by atoms with Gasteiger partial charge in [0, 0.05) is 13.6 Å². The van der Waals surface area contributed by atoms with Crippen molar-refractivity contribution in [1.29, 1.82) is 0 Å². The molecule has 0 aromatic carbocycles. The minimum absolute atomic E-state index is 0.314. The number of ether oxygens (including phenoxy) is 1. The van der Waals surface area contributed by atoms with E-state index in [1.54, 1.807) is 19.2 Å². The zero-order valence-electron chi connectivity index (χ0n) is 9.41. The molecule has 14 heavy (non-hydrogen) atoms. The molecule has 0 aromatic rings. The van der Waals surface area contributed by atoms with Gasteiger partial charge in [-0.1, -0.05) is 24.8 Å². The Morgan fingerprint density at radius 1 is 1.50 bits per heavy atom. The third-order valence-corrected chi connectivity index (χ3v) is 1.36. The van der Waals surface area contributed by atoms with Crippen LogP contribution in [0.3, 0.4) is 0 Å². The van der Waals surface area contributed by atoms with E-state index in [2.05, 4.69) is 6.58 Å². The molecule has 3 heteroatoms. The SMILES string of the molecule is C=C/C=C\CN(C)C(=O)OC(C)(C)C. The van der Waals surface area contributed by atoms with Crippen LogP contribution in [0, 0.1) is 0 Å². The number of nitrogens with zero attached hydrogens (tertiary/aromatic N) is 1. The van der Waals surface area contributed by atoms with Crippen molar-refractivity contribution in [3.63, 3.8) is 0 Å². The number of carbonyl (C=O) groups is 1. The maximum atomic E-state index is 11.4. The third kappa shape index (κ3) is 6.29. The van der Waals surface area contributed by atoms with Gasteiger partial charge >= 0.3 is 6.09 Å². The Bertz CT molecular complexity index is 226. The monoisotopic (exact) mass is 197 g/mol. The zero-order valence-corrected chi connectivity index (χ0v) is 9.41. The normalized spacial score (nSPS) is 11.4. The van der Waals surface area contributed by atoms with Crippen LogP contribution in [0.15, 0.2) is 24.8 Å². The molecule has 0 N–H and O–H groups in total. The molecule has 0 unspecified atom stereocenters. The number of hydrogen-bond donors (Lipinski definition) is 0. The van der Waals surface area contributed by atoms with E-state index >= 15 is 0 Å². The molecule has 0 saturated carbocycles. The number of carbonyl (C=O) groups excluding carboxylic acids is 1. The fourth-order valence-corrected chi connectivity index (χ4v) is 0.730. The molecular weight excluding hydrogens is 178 g/mol. The van der Waals surface area contributed by atoms with E-state index in [4.69, 9.17) is 4.74 Å². The van der Waals surface area contributed by atoms with Crippen LogP contribution in [0.2, 0.25) is 0 Å². The maximum Gasteiger partial charge on any atom is 0.410 e. The lowest BCUT2D eigenvalue weighted by molar-refractivity contribution is 0.0318. The second-order valence-corrected chi connectivity index (χ2v) is 4.02. The summed E-state index contributed by atoms with van der Waals surface area (Å²) in [5, 5.41) is 0. The molecule has 3 nitrogen and oxygen atoms in total. The fraction of sp³-hybridized carbons (Fsp3) is 0.545. The number of likely N-dealkylation sites (N-methyl/N-ethyl adjacent to an activating group) is 1. The van der Waals surface area contributed by atoms with Crippen LogP contribution in [-0.4, -0.2) is 30.2 Å². The number of hydrogen-bond acceptors (Lipinski definition) is 2. The lowest BCUT2D eigenvalue weighted by Gasteiger charge is -2.23. The molecule has 0 radical (unpaired) electrons. The standard InChI is InChI=1S/C11H19NO2/c1-6-7-8-9-12(5)10(13)14-11(2,3)4/h6-8H,1,9H2,2-5H3/b8-7-. The molecule has 0 fully saturated rings. The van der Waals surface area contributed by atoms with Gasteiger partial charge in [-0.15, -0.1) is 0 Å². The molecule has 0 bridgehead atoms. The zero-order chi connectivity index (χ0) is 11.2. The quantitative estimate of drug-likeness (QED) is 0.651. The van der Waals surface area contributed by atoms with Gasteiger partial charge in [0.05, 0.1) is 0 Å². The van der Waals surface area contributed by atoms with Gasteiger partial charge in [-0.05, 0) is 20.8 Å². The predicted molar refractivity (Wildman–Crippen MR) is 58.2 cm³/mol. The van der Waals surface area contributed by atoms with Gasteiger partial charge in [-0.3, -0.25) is 0 Å². The van der Waals surface area contributed by atoms with Crippen LogP contribution < -0.4 is 0 Å². The lowest BCUT2D eigenvalue weighted by Crippen LogP contribution is -2.34. The van der Waals surface area contributed by atoms with Crippen molar-refractivity contribution < 1.29 is 9.53 Å². The van der Waals surface area contributed by atoms with Crippen LogP contribution in [0.25, 0.3) is 0 Å². The highest BCUT2D eigenvalue weighted by Crippen LogP contribution is 2.08. The highest BCUT2D eigenvalue weighted by atomic mass is 16.6. The summed E-state index contributed by atoms with van der Waals surface area (Å²) < 4.78 is 5.16. The molecular formula is C11H19NO2. The molecule has 0 heterocycles. The average molecular weight is 197 g/mol. The molecule has 0 aromatic heterocycles. The van der Waals surface area contributed by atoms with Gasteiger partial charge in [0.2, 0.25) is 0 Å². The van der Waals surface area contributed by atoms with E-state index in [0.29, 0.717) is 6.54 Å². The van der Waals surface area contributed by atoms with Gasteiger partial charge in [-0.25, -0.2) is 4.79 Å². The van der Waals surface area contributed by atoms with Crippen molar-refractivity contribution in [3.05, 3.63) is 24.8 Å². The van der Waals surface area contributed by atoms with Gasteiger partial charge in [-0.2, -0.15) is 0 Å². The Morgan fingerprint density at radius 2 is 2.07 bits per heavy atom. The van der Waals surface area contributed by atoms with Crippen LogP contribution in [0.5, 0.6) is 0 Å². The smallest absolute Gasteiger partial charge is 0.410 e. The molecule has 0 aliphatic heterocycles. The first kappa shape index (κ1) is 12.8.